The largest absolute Gasteiger partial charge is 0.507 e. The van der Waals surface area contributed by atoms with E-state index in [2.05, 4.69) is 4.90 Å². The predicted molar refractivity (Wildman–Crippen MR) is 151 cm³/mol. The number of Topliss-reactive ketones (excluding diaryl/α,β-unsaturated/α-hetero) is 1. The van der Waals surface area contributed by atoms with Crippen molar-refractivity contribution in [3.8, 4) is 11.5 Å². The zero-order valence-corrected chi connectivity index (χ0v) is 23.3. The van der Waals surface area contributed by atoms with Gasteiger partial charge < -0.3 is 29.1 Å². The highest BCUT2D eigenvalue weighted by Gasteiger charge is 2.66. The third kappa shape index (κ3) is 4.46. The van der Waals surface area contributed by atoms with Crippen LogP contribution in [0.15, 0.2) is 48.0 Å². The smallest absolute Gasteiger partial charge is 0.296 e. The minimum atomic E-state index is -1.76. The van der Waals surface area contributed by atoms with Gasteiger partial charge in [-0.05, 0) is 37.1 Å². The molecule has 1 N–H and O–H groups in total. The number of aliphatic hydroxyl groups is 1. The van der Waals surface area contributed by atoms with E-state index >= 15 is 0 Å². The fourth-order valence-electron chi connectivity index (χ4n) is 6.32. The van der Waals surface area contributed by atoms with Gasteiger partial charge in [0.1, 0.15) is 19.0 Å². The number of hydrogen-bond acceptors (Lipinski definition) is 8. The molecule has 4 aliphatic rings. The van der Waals surface area contributed by atoms with Crippen LogP contribution in [0.4, 0.5) is 5.69 Å². The number of carbonyl (C=O) groups is 3. The summed E-state index contributed by atoms with van der Waals surface area (Å²) in [6.07, 6.45) is 2.18. The molecule has 41 heavy (non-hydrogen) atoms. The van der Waals surface area contributed by atoms with Crippen molar-refractivity contribution < 1.29 is 33.7 Å². The van der Waals surface area contributed by atoms with Crippen molar-refractivity contribution in [2.24, 2.45) is 0 Å². The number of aliphatic hydroxyl groups excluding tert-OH is 1. The number of benzene rings is 2. The van der Waals surface area contributed by atoms with Gasteiger partial charge in [-0.15, -0.1) is 0 Å². The lowest BCUT2D eigenvalue weighted by Gasteiger charge is -2.35. The molecule has 1 unspecified atom stereocenters. The molecule has 2 saturated heterocycles. The normalized spacial score (nSPS) is 23.5. The van der Waals surface area contributed by atoms with Gasteiger partial charge in [0, 0.05) is 43.9 Å². The van der Waals surface area contributed by atoms with E-state index in [4.69, 9.17) is 14.2 Å². The summed E-state index contributed by atoms with van der Waals surface area (Å²) in [5.74, 6) is -1.50. The van der Waals surface area contributed by atoms with Crippen molar-refractivity contribution in [2.45, 2.75) is 31.7 Å². The molecule has 1 atom stereocenters. The first-order chi connectivity index (χ1) is 20.0. The Kier molecular flexibility index (Phi) is 7.44. The Morgan fingerprint density at radius 2 is 1.66 bits per heavy atom. The van der Waals surface area contributed by atoms with Crippen LogP contribution in [-0.2, 0) is 24.7 Å². The van der Waals surface area contributed by atoms with E-state index in [1.54, 1.807) is 35.2 Å². The number of amides is 2. The number of anilines is 1. The lowest BCUT2D eigenvalue weighted by molar-refractivity contribution is -0.143. The fourth-order valence-corrected chi connectivity index (χ4v) is 6.32. The second-order valence-electron chi connectivity index (χ2n) is 10.7. The lowest BCUT2D eigenvalue weighted by Crippen LogP contribution is -2.52. The Morgan fingerprint density at radius 3 is 2.44 bits per heavy atom. The van der Waals surface area contributed by atoms with Crippen LogP contribution in [0.25, 0.3) is 5.76 Å². The summed E-state index contributed by atoms with van der Waals surface area (Å²) in [6, 6.07) is 12.1. The van der Waals surface area contributed by atoms with E-state index in [1.165, 1.54) is 4.90 Å². The molecule has 0 aromatic heterocycles. The highest BCUT2D eigenvalue weighted by atomic mass is 16.6. The third-order valence-corrected chi connectivity index (χ3v) is 8.32. The fraction of sp³-hybridized carbons (Fsp3) is 0.452. The summed E-state index contributed by atoms with van der Waals surface area (Å²) >= 11 is 0. The molecular formula is C31H35N3O7. The Morgan fingerprint density at radius 1 is 0.902 bits per heavy atom. The van der Waals surface area contributed by atoms with Gasteiger partial charge in [-0.1, -0.05) is 31.5 Å². The number of para-hydroxylation sites is 1. The van der Waals surface area contributed by atoms with Gasteiger partial charge in [-0.3, -0.25) is 19.3 Å². The maximum Gasteiger partial charge on any atom is 0.296 e. The number of ketones is 1. The predicted octanol–water partition coefficient (Wildman–Crippen LogP) is 2.90. The van der Waals surface area contributed by atoms with Gasteiger partial charge in [0.05, 0.1) is 24.5 Å². The van der Waals surface area contributed by atoms with Gasteiger partial charge in [0.2, 0.25) is 0 Å². The highest BCUT2D eigenvalue weighted by molar-refractivity contribution is 6.50. The Balaban J connectivity index is 1.48. The van der Waals surface area contributed by atoms with E-state index in [0.29, 0.717) is 68.7 Å². The van der Waals surface area contributed by atoms with Crippen molar-refractivity contribution >= 4 is 29.0 Å². The van der Waals surface area contributed by atoms with Crippen LogP contribution in [0.1, 0.15) is 37.3 Å². The molecule has 2 aromatic rings. The van der Waals surface area contributed by atoms with E-state index in [1.807, 2.05) is 19.1 Å². The highest BCUT2D eigenvalue weighted by Crippen LogP contribution is 2.54. The molecule has 2 fully saturated rings. The molecule has 216 valence electrons. The second kappa shape index (κ2) is 11.2. The number of likely N-dealkylation sites (tertiary alicyclic amines) is 1. The third-order valence-electron chi connectivity index (χ3n) is 8.32. The first-order valence-electron chi connectivity index (χ1n) is 14.4. The first kappa shape index (κ1) is 27.3. The van der Waals surface area contributed by atoms with E-state index in [9.17, 15) is 19.5 Å². The number of unbranched alkanes of at least 4 members (excludes halogenated alkanes) is 1. The van der Waals surface area contributed by atoms with Crippen molar-refractivity contribution in [3.63, 3.8) is 0 Å². The molecule has 0 bridgehead atoms. The van der Waals surface area contributed by atoms with Crippen LogP contribution >= 0.6 is 0 Å². The number of ether oxygens (including phenoxy) is 3. The van der Waals surface area contributed by atoms with E-state index in [0.717, 1.165) is 25.9 Å². The average molecular weight is 562 g/mol. The van der Waals surface area contributed by atoms with Crippen LogP contribution < -0.4 is 14.4 Å². The zero-order chi connectivity index (χ0) is 28.6. The molecule has 4 aliphatic heterocycles. The number of nitrogens with zero attached hydrogens (tertiary/aromatic N) is 3. The van der Waals surface area contributed by atoms with Gasteiger partial charge in [0.15, 0.2) is 17.0 Å². The quantitative estimate of drug-likeness (QED) is 0.298. The monoisotopic (exact) mass is 561 g/mol. The summed E-state index contributed by atoms with van der Waals surface area (Å²) in [6.45, 7) is 7.01. The van der Waals surface area contributed by atoms with Gasteiger partial charge >= 0.3 is 0 Å². The number of hydrogen-bond donors (Lipinski definition) is 1. The Bertz CT molecular complexity index is 1400. The van der Waals surface area contributed by atoms with Gasteiger partial charge in [-0.2, -0.15) is 0 Å². The summed E-state index contributed by atoms with van der Waals surface area (Å²) in [4.78, 5) is 47.6. The molecule has 0 saturated carbocycles. The topological polar surface area (TPSA) is 109 Å². The summed E-state index contributed by atoms with van der Waals surface area (Å²) < 4.78 is 16.8. The number of carbonyl (C=O) groups excluding carboxylic acids is 3. The molecule has 0 radical (unpaired) electrons. The van der Waals surface area contributed by atoms with Crippen LogP contribution in [0.2, 0.25) is 0 Å². The molecule has 0 aliphatic carbocycles. The molecule has 10 nitrogen and oxygen atoms in total. The van der Waals surface area contributed by atoms with Crippen molar-refractivity contribution in [3.05, 3.63) is 59.2 Å². The van der Waals surface area contributed by atoms with Crippen molar-refractivity contribution in [1.29, 1.82) is 0 Å². The maximum absolute atomic E-state index is 14.6. The van der Waals surface area contributed by atoms with Crippen LogP contribution in [0, 0.1) is 0 Å². The SMILES string of the molecule is CCCCN1C(=O)C2(/C(=C(\O)c3ccc4c(c3)OCCO4)C(=O)C(=O)N2CCCN2CCOCC2)c2ccccc21. The molecule has 2 aromatic carbocycles. The lowest BCUT2D eigenvalue weighted by atomic mass is 9.81. The molecule has 4 heterocycles. The molecule has 1 spiro atoms. The summed E-state index contributed by atoms with van der Waals surface area (Å²) in [5, 5.41) is 11.8. The van der Waals surface area contributed by atoms with Crippen molar-refractivity contribution in [1.82, 2.24) is 9.80 Å². The minimum Gasteiger partial charge on any atom is -0.507 e. The zero-order valence-electron chi connectivity index (χ0n) is 23.3. The number of rotatable bonds is 8. The first-order valence-corrected chi connectivity index (χ1v) is 14.4. The van der Waals surface area contributed by atoms with Crippen LogP contribution in [-0.4, -0.2) is 91.7 Å². The Hall–Kier alpha value is -3.89. The average Bonchev–Trinajstić information content (AvgIpc) is 3.38. The Labute approximate surface area is 239 Å². The standard InChI is InChI=1S/C31H35N3O7/c1-2-3-12-33-23-8-5-4-7-22(23)31(30(33)38)26(27(35)21-9-10-24-25(20-21)41-19-18-40-24)28(36)29(37)34(31)13-6-11-32-14-16-39-17-15-32/h4-5,7-10,20,35H,2-3,6,11-19H2,1H3/b27-26-. The van der Waals surface area contributed by atoms with Crippen LogP contribution in [0.5, 0.6) is 11.5 Å². The van der Waals surface area contributed by atoms with Gasteiger partial charge in [0.25, 0.3) is 17.6 Å². The molecule has 2 amide bonds. The van der Waals surface area contributed by atoms with E-state index in [-0.39, 0.29) is 17.7 Å². The minimum absolute atomic E-state index is 0.182. The second-order valence-corrected chi connectivity index (χ2v) is 10.7. The summed E-state index contributed by atoms with van der Waals surface area (Å²) in [7, 11) is 0. The van der Waals surface area contributed by atoms with Crippen LogP contribution in [0.3, 0.4) is 0 Å². The maximum atomic E-state index is 14.6. The number of morpholine rings is 1. The van der Waals surface area contributed by atoms with Crippen molar-refractivity contribution in [2.75, 3.05) is 64.1 Å². The van der Waals surface area contributed by atoms with Gasteiger partial charge in [-0.25, -0.2) is 0 Å². The number of fused-ring (bicyclic) bond motifs is 3. The van der Waals surface area contributed by atoms with E-state index < -0.39 is 28.9 Å². The molecule has 6 rings (SSSR count). The summed E-state index contributed by atoms with van der Waals surface area (Å²) in [5.41, 5.74) is -0.509. The molecular weight excluding hydrogens is 526 g/mol. The molecule has 10 heteroatoms.